The van der Waals surface area contributed by atoms with Crippen molar-refractivity contribution in [1.82, 2.24) is 0 Å². The number of ether oxygens (including phenoxy) is 3. The van der Waals surface area contributed by atoms with E-state index >= 15 is 0 Å². The highest BCUT2D eigenvalue weighted by Crippen LogP contribution is 2.16. The van der Waals surface area contributed by atoms with Gasteiger partial charge in [0.1, 0.15) is 13.2 Å². The summed E-state index contributed by atoms with van der Waals surface area (Å²) in [6.07, 6.45) is 36.6. The van der Waals surface area contributed by atoms with Crippen LogP contribution in [0.3, 0.4) is 0 Å². The van der Waals surface area contributed by atoms with Crippen molar-refractivity contribution in [2.24, 2.45) is 5.92 Å². The van der Waals surface area contributed by atoms with E-state index < -0.39 is 6.10 Å². The summed E-state index contributed by atoms with van der Waals surface area (Å²) in [6, 6.07) is 0. The predicted molar refractivity (Wildman–Crippen MR) is 210 cm³/mol. The molecule has 0 saturated carbocycles. The average molecular weight is 709 g/mol. The van der Waals surface area contributed by atoms with Gasteiger partial charge in [0.2, 0.25) is 0 Å². The summed E-state index contributed by atoms with van der Waals surface area (Å²) in [6.45, 7) is 8.92. The number of rotatable bonds is 39. The predicted octanol–water partition coefficient (Wildman–Crippen LogP) is 13.6. The quantitative estimate of drug-likeness (QED) is 0.0359. The molecule has 296 valence electrons. The Bertz CT molecular complexity index is 751. The van der Waals surface area contributed by atoms with Crippen LogP contribution in [-0.2, 0) is 28.6 Å². The van der Waals surface area contributed by atoms with Crippen LogP contribution in [0.25, 0.3) is 0 Å². The van der Waals surface area contributed by atoms with Crippen molar-refractivity contribution < 1.29 is 28.6 Å². The molecule has 1 atom stereocenters. The smallest absolute Gasteiger partial charge is 0.306 e. The molecule has 50 heavy (non-hydrogen) atoms. The van der Waals surface area contributed by atoms with E-state index in [0.717, 1.165) is 63.7 Å². The van der Waals surface area contributed by atoms with Crippen LogP contribution in [-0.4, -0.2) is 37.2 Å². The largest absolute Gasteiger partial charge is 0.462 e. The number of hydrogen-bond donors (Lipinski definition) is 0. The molecule has 0 aromatic carbocycles. The molecule has 0 aliphatic heterocycles. The van der Waals surface area contributed by atoms with Crippen molar-refractivity contribution in [3.05, 3.63) is 0 Å². The second-order valence-corrected chi connectivity index (χ2v) is 15.5. The Morgan fingerprint density at radius 3 is 0.980 bits per heavy atom. The first-order chi connectivity index (χ1) is 24.4. The Kier molecular flexibility index (Phi) is 37.4. The lowest BCUT2D eigenvalue weighted by atomic mass is 10.0. The highest BCUT2D eigenvalue weighted by atomic mass is 16.6. The molecule has 0 spiro atoms. The number of carbonyl (C=O) groups excluding carboxylic acids is 3. The third kappa shape index (κ3) is 37.7. The first-order valence-corrected chi connectivity index (χ1v) is 21.9. The van der Waals surface area contributed by atoms with E-state index in [0.29, 0.717) is 19.3 Å². The zero-order valence-corrected chi connectivity index (χ0v) is 33.9. The maximum absolute atomic E-state index is 12.6. The maximum atomic E-state index is 12.6. The molecule has 0 aliphatic carbocycles. The van der Waals surface area contributed by atoms with E-state index in [9.17, 15) is 14.4 Å². The van der Waals surface area contributed by atoms with E-state index in [4.69, 9.17) is 14.2 Å². The lowest BCUT2D eigenvalue weighted by Gasteiger charge is -2.18. The monoisotopic (exact) mass is 709 g/mol. The second-order valence-electron chi connectivity index (χ2n) is 15.5. The van der Waals surface area contributed by atoms with Gasteiger partial charge in [0.05, 0.1) is 0 Å². The second kappa shape index (κ2) is 38.6. The van der Waals surface area contributed by atoms with E-state index in [2.05, 4.69) is 27.7 Å². The van der Waals surface area contributed by atoms with Crippen LogP contribution in [0.15, 0.2) is 0 Å². The first kappa shape index (κ1) is 48.4. The third-order valence-electron chi connectivity index (χ3n) is 9.79. The Morgan fingerprint density at radius 2 is 0.660 bits per heavy atom. The van der Waals surface area contributed by atoms with Crippen LogP contribution in [0.4, 0.5) is 0 Å². The molecule has 6 heteroatoms. The van der Waals surface area contributed by atoms with Crippen LogP contribution in [0.2, 0.25) is 0 Å². The molecule has 0 unspecified atom stereocenters. The van der Waals surface area contributed by atoms with Crippen molar-refractivity contribution in [3.8, 4) is 0 Å². The minimum absolute atomic E-state index is 0.0647. The lowest BCUT2D eigenvalue weighted by Crippen LogP contribution is -2.30. The zero-order chi connectivity index (χ0) is 36.8. The average Bonchev–Trinajstić information content (AvgIpc) is 3.09. The molecule has 0 aromatic heterocycles. The van der Waals surface area contributed by atoms with Crippen LogP contribution >= 0.6 is 0 Å². The van der Waals surface area contributed by atoms with Crippen LogP contribution in [0.5, 0.6) is 0 Å². The number of unbranched alkanes of at least 4 members (excludes halogenated alkanes) is 26. The van der Waals surface area contributed by atoms with Gasteiger partial charge in [-0.15, -0.1) is 0 Å². The highest BCUT2D eigenvalue weighted by Gasteiger charge is 2.19. The van der Waals surface area contributed by atoms with Gasteiger partial charge in [-0.1, -0.05) is 201 Å². The molecule has 0 amide bonds. The minimum atomic E-state index is -0.758. The molecule has 0 bridgehead atoms. The van der Waals surface area contributed by atoms with Gasteiger partial charge in [-0.3, -0.25) is 14.4 Å². The summed E-state index contributed by atoms with van der Waals surface area (Å²) >= 11 is 0. The van der Waals surface area contributed by atoms with Gasteiger partial charge in [-0.25, -0.2) is 0 Å². The summed E-state index contributed by atoms with van der Waals surface area (Å²) in [4.78, 5) is 37.6. The molecule has 0 N–H and O–H groups in total. The van der Waals surface area contributed by atoms with Gasteiger partial charge >= 0.3 is 17.9 Å². The molecular weight excluding hydrogens is 624 g/mol. The molecule has 0 aliphatic rings. The molecule has 0 aromatic rings. The molecule has 0 saturated heterocycles. The molecule has 6 nitrogen and oxygen atoms in total. The summed E-state index contributed by atoms with van der Waals surface area (Å²) in [5.41, 5.74) is 0. The van der Waals surface area contributed by atoms with Gasteiger partial charge in [0.15, 0.2) is 6.10 Å². The van der Waals surface area contributed by atoms with Crippen molar-refractivity contribution in [1.29, 1.82) is 0 Å². The van der Waals surface area contributed by atoms with Crippen LogP contribution in [0, 0.1) is 5.92 Å². The van der Waals surface area contributed by atoms with E-state index in [-0.39, 0.29) is 31.1 Å². The van der Waals surface area contributed by atoms with Crippen molar-refractivity contribution >= 4 is 17.9 Å². The normalized spacial score (nSPS) is 11.9. The summed E-state index contributed by atoms with van der Waals surface area (Å²) < 4.78 is 16.7. The molecular formula is C44H84O6. The van der Waals surface area contributed by atoms with Gasteiger partial charge < -0.3 is 14.2 Å². The summed E-state index contributed by atoms with van der Waals surface area (Å²) in [5, 5.41) is 0. The zero-order valence-electron chi connectivity index (χ0n) is 33.9. The van der Waals surface area contributed by atoms with Gasteiger partial charge in [0, 0.05) is 19.3 Å². The molecule has 0 fully saturated rings. The Balaban J connectivity index is 4.33. The SMILES string of the molecule is CCCCCCCCCCCCCCC(=O)OC[C@H](COC(=O)CCCCCCCCCCCC)OC(=O)CCCCCCCCCC(C)C. The Labute approximate surface area is 310 Å². The first-order valence-electron chi connectivity index (χ1n) is 21.9. The van der Waals surface area contributed by atoms with Crippen LogP contribution in [0.1, 0.15) is 240 Å². The Hall–Kier alpha value is -1.59. The molecule has 0 rings (SSSR count). The van der Waals surface area contributed by atoms with Gasteiger partial charge in [-0.2, -0.15) is 0 Å². The minimum Gasteiger partial charge on any atom is -0.462 e. The maximum Gasteiger partial charge on any atom is 0.306 e. The fraction of sp³-hybridized carbons (Fsp3) is 0.932. The standard InChI is InChI=1S/C44H84O6/c1-5-7-9-11-13-15-17-18-20-24-28-32-36-43(46)49-39-41(50-44(47)37-33-29-25-21-22-26-30-34-40(3)4)38-48-42(45)35-31-27-23-19-16-14-12-10-8-6-2/h40-41H,5-39H2,1-4H3/t41-/m0/s1. The van der Waals surface area contributed by atoms with Crippen LogP contribution < -0.4 is 0 Å². The fourth-order valence-corrected chi connectivity index (χ4v) is 6.45. The fourth-order valence-electron chi connectivity index (χ4n) is 6.45. The number of carbonyl (C=O) groups is 3. The molecule has 0 heterocycles. The Morgan fingerprint density at radius 1 is 0.380 bits per heavy atom. The highest BCUT2D eigenvalue weighted by molar-refractivity contribution is 5.71. The topological polar surface area (TPSA) is 78.9 Å². The van der Waals surface area contributed by atoms with Crippen molar-refractivity contribution in [2.75, 3.05) is 13.2 Å². The van der Waals surface area contributed by atoms with Gasteiger partial charge in [0.25, 0.3) is 0 Å². The number of esters is 3. The van der Waals surface area contributed by atoms with E-state index in [1.165, 1.54) is 135 Å². The number of hydrogen-bond acceptors (Lipinski definition) is 6. The van der Waals surface area contributed by atoms with E-state index in [1.54, 1.807) is 0 Å². The summed E-state index contributed by atoms with van der Waals surface area (Å²) in [7, 11) is 0. The van der Waals surface area contributed by atoms with Crippen molar-refractivity contribution in [2.45, 2.75) is 246 Å². The third-order valence-corrected chi connectivity index (χ3v) is 9.79. The van der Waals surface area contributed by atoms with Crippen molar-refractivity contribution in [3.63, 3.8) is 0 Å². The molecule has 0 radical (unpaired) electrons. The lowest BCUT2D eigenvalue weighted by molar-refractivity contribution is -0.167. The van der Waals surface area contributed by atoms with Gasteiger partial charge in [-0.05, 0) is 25.2 Å². The van der Waals surface area contributed by atoms with E-state index in [1.807, 2.05) is 0 Å². The summed E-state index contributed by atoms with van der Waals surface area (Å²) in [5.74, 6) is -0.0830.